The van der Waals surface area contributed by atoms with Crippen LogP contribution in [-0.2, 0) is 0 Å². The van der Waals surface area contributed by atoms with E-state index in [9.17, 15) is 35.9 Å². The molecule has 5 rings (SSSR count). The minimum atomic E-state index is -1.64. The van der Waals surface area contributed by atoms with Crippen LogP contribution in [0.25, 0.3) is 33.4 Å². The molecule has 0 N–H and O–H groups in total. The summed E-state index contributed by atoms with van der Waals surface area (Å²) in [6.07, 6.45) is 2.44. The standard InChI is InChI=1S/C22H8F6N4O2/c23-9-5-11(25)18(12(26)6-9)31-16-2-1-15-17(30-4-3-29-15)20(16)32(22(34)21(31)33)19-13(27)7-10(24)8-14(19)28/h1-8H. The molecule has 0 saturated carbocycles. The molecule has 2 aromatic heterocycles. The van der Waals surface area contributed by atoms with E-state index in [1.807, 2.05) is 0 Å². The van der Waals surface area contributed by atoms with E-state index in [1.54, 1.807) is 0 Å². The molecule has 0 radical (unpaired) electrons. The molecule has 0 unspecified atom stereocenters. The van der Waals surface area contributed by atoms with Crippen molar-refractivity contribution in [3.05, 3.63) is 104 Å². The average molecular weight is 474 g/mol. The monoisotopic (exact) mass is 474 g/mol. The third-order valence-electron chi connectivity index (χ3n) is 5.06. The highest BCUT2D eigenvalue weighted by atomic mass is 19.2. The van der Waals surface area contributed by atoms with Crippen molar-refractivity contribution in [3.63, 3.8) is 0 Å². The van der Waals surface area contributed by atoms with E-state index in [0.29, 0.717) is 33.4 Å². The number of benzene rings is 3. The van der Waals surface area contributed by atoms with Gasteiger partial charge in [-0.15, -0.1) is 0 Å². The van der Waals surface area contributed by atoms with Gasteiger partial charge in [-0.2, -0.15) is 0 Å². The van der Waals surface area contributed by atoms with E-state index < -0.39 is 68.4 Å². The Balaban J connectivity index is 2.09. The first-order valence-corrected chi connectivity index (χ1v) is 9.40. The number of rotatable bonds is 2. The highest BCUT2D eigenvalue weighted by Gasteiger charge is 2.26. The van der Waals surface area contributed by atoms with Crippen molar-refractivity contribution in [3.8, 4) is 11.4 Å². The Bertz CT molecular complexity index is 1730. The van der Waals surface area contributed by atoms with Crippen molar-refractivity contribution < 1.29 is 26.3 Å². The fourth-order valence-corrected chi connectivity index (χ4v) is 3.75. The summed E-state index contributed by atoms with van der Waals surface area (Å²) in [5, 5.41) is 0. The van der Waals surface area contributed by atoms with Crippen LogP contribution in [-0.4, -0.2) is 19.1 Å². The van der Waals surface area contributed by atoms with Gasteiger partial charge in [-0.1, -0.05) is 0 Å². The molecule has 2 heterocycles. The summed E-state index contributed by atoms with van der Waals surface area (Å²) in [5.74, 6) is -8.66. The van der Waals surface area contributed by atoms with Crippen LogP contribution in [0.15, 0.2) is 58.4 Å². The topological polar surface area (TPSA) is 69.8 Å². The first-order chi connectivity index (χ1) is 16.2. The molecule has 12 heteroatoms. The number of nitrogens with zero attached hydrogens (tertiary/aromatic N) is 4. The summed E-state index contributed by atoms with van der Waals surface area (Å²) in [4.78, 5) is 34.2. The molecule has 0 atom stereocenters. The molecule has 5 aromatic rings. The molecule has 170 valence electrons. The first-order valence-electron chi connectivity index (χ1n) is 9.40. The molecule has 3 aromatic carbocycles. The summed E-state index contributed by atoms with van der Waals surface area (Å²) in [6, 6.07) is 3.57. The van der Waals surface area contributed by atoms with Crippen LogP contribution >= 0.6 is 0 Å². The second-order valence-electron chi connectivity index (χ2n) is 7.07. The van der Waals surface area contributed by atoms with Gasteiger partial charge in [0.05, 0.1) is 11.0 Å². The molecule has 0 aliphatic rings. The third-order valence-corrected chi connectivity index (χ3v) is 5.06. The number of hydrogen-bond acceptors (Lipinski definition) is 4. The minimum absolute atomic E-state index is 0.0938. The molecule has 0 saturated heterocycles. The van der Waals surface area contributed by atoms with Crippen LogP contribution in [0.3, 0.4) is 0 Å². The largest absolute Gasteiger partial charge is 0.322 e. The first kappa shape index (κ1) is 21.4. The Morgan fingerprint density at radius 2 is 1.09 bits per heavy atom. The highest BCUT2D eigenvalue weighted by molar-refractivity contribution is 6.01. The zero-order valence-electron chi connectivity index (χ0n) is 16.5. The number of hydrogen-bond donors (Lipinski definition) is 0. The number of fused-ring (bicyclic) bond motifs is 3. The van der Waals surface area contributed by atoms with Crippen molar-refractivity contribution in [1.29, 1.82) is 0 Å². The van der Waals surface area contributed by atoms with E-state index in [-0.39, 0.29) is 11.0 Å². The smallest absolute Gasteiger partial charge is 0.265 e. The fraction of sp³-hybridized carbons (Fsp3) is 0. The van der Waals surface area contributed by atoms with Crippen LogP contribution in [0, 0.1) is 34.9 Å². The second kappa shape index (κ2) is 7.54. The third kappa shape index (κ3) is 3.06. The lowest BCUT2D eigenvalue weighted by Crippen LogP contribution is -2.41. The van der Waals surface area contributed by atoms with Gasteiger partial charge in [0.15, 0.2) is 23.3 Å². The molecule has 6 nitrogen and oxygen atoms in total. The van der Waals surface area contributed by atoms with Gasteiger partial charge in [0, 0.05) is 36.7 Å². The normalized spacial score (nSPS) is 11.5. The van der Waals surface area contributed by atoms with E-state index in [1.165, 1.54) is 18.5 Å². The molecular weight excluding hydrogens is 466 g/mol. The average Bonchev–Trinajstić information content (AvgIpc) is 2.76. The van der Waals surface area contributed by atoms with Gasteiger partial charge >= 0.3 is 11.1 Å². The lowest BCUT2D eigenvalue weighted by atomic mass is 10.2. The van der Waals surface area contributed by atoms with E-state index in [4.69, 9.17) is 0 Å². The van der Waals surface area contributed by atoms with E-state index >= 15 is 0 Å². The number of aromatic nitrogens is 4. The van der Waals surface area contributed by atoms with E-state index in [0.717, 1.165) is 6.07 Å². The Morgan fingerprint density at radius 1 is 0.618 bits per heavy atom. The molecule has 0 bridgehead atoms. The maximum Gasteiger partial charge on any atom is 0.322 e. The highest BCUT2D eigenvalue weighted by Crippen LogP contribution is 2.29. The summed E-state index contributed by atoms with van der Waals surface area (Å²) in [6.45, 7) is 0. The van der Waals surface area contributed by atoms with Gasteiger partial charge in [-0.3, -0.25) is 28.7 Å². The molecular formula is C22H8F6N4O2. The van der Waals surface area contributed by atoms with Crippen molar-refractivity contribution in [1.82, 2.24) is 19.1 Å². The van der Waals surface area contributed by atoms with Crippen LogP contribution in [0.5, 0.6) is 0 Å². The lowest BCUT2D eigenvalue weighted by Gasteiger charge is -2.18. The molecule has 0 fully saturated rings. The zero-order valence-corrected chi connectivity index (χ0v) is 16.5. The molecule has 34 heavy (non-hydrogen) atoms. The van der Waals surface area contributed by atoms with Gasteiger partial charge in [0.25, 0.3) is 0 Å². The summed E-state index contributed by atoms with van der Waals surface area (Å²) in [7, 11) is 0. The van der Waals surface area contributed by atoms with Gasteiger partial charge < -0.3 is 0 Å². The molecule has 0 aliphatic carbocycles. The van der Waals surface area contributed by atoms with Gasteiger partial charge in [0.1, 0.15) is 34.0 Å². The van der Waals surface area contributed by atoms with Crippen LogP contribution in [0.2, 0.25) is 0 Å². The van der Waals surface area contributed by atoms with Crippen molar-refractivity contribution in [2.45, 2.75) is 0 Å². The van der Waals surface area contributed by atoms with E-state index in [2.05, 4.69) is 9.97 Å². The Kier molecular flexibility index (Phi) is 4.74. The van der Waals surface area contributed by atoms with Crippen LogP contribution in [0.4, 0.5) is 26.3 Å². The van der Waals surface area contributed by atoms with Crippen molar-refractivity contribution >= 4 is 22.1 Å². The number of halogens is 6. The Hall–Kier alpha value is -4.48. The SMILES string of the molecule is O=c1c(=O)n(-c2c(F)cc(F)cc2F)c2c3nccnc3ccc2n1-c1c(F)cc(F)cc1F. The second-order valence-corrected chi connectivity index (χ2v) is 7.07. The lowest BCUT2D eigenvalue weighted by molar-refractivity contribution is 0.529. The molecule has 0 aliphatic heterocycles. The van der Waals surface area contributed by atoms with Crippen molar-refractivity contribution in [2.75, 3.05) is 0 Å². The maximum absolute atomic E-state index is 14.7. The maximum atomic E-state index is 14.7. The quantitative estimate of drug-likeness (QED) is 0.221. The fourth-order valence-electron chi connectivity index (χ4n) is 3.75. The van der Waals surface area contributed by atoms with Crippen LogP contribution in [0.1, 0.15) is 0 Å². The van der Waals surface area contributed by atoms with Crippen molar-refractivity contribution in [2.24, 2.45) is 0 Å². The summed E-state index contributed by atoms with van der Waals surface area (Å²) >= 11 is 0. The zero-order chi connectivity index (χ0) is 24.3. The van der Waals surface area contributed by atoms with Gasteiger partial charge in [-0.05, 0) is 12.1 Å². The minimum Gasteiger partial charge on any atom is -0.265 e. The van der Waals surface area contributed by atoms with Crippen LogP contribution < -0.4 is 11.1 Å². The Labute approximate surface area is 184 Å². The Morgan fingerprint density at radius 3 is 1.65 bits per heavy atom. The molecule has 0 spiro atoms. The molecule has 0 amide bonds. The summed E-state index contributed by atoms with van der Waals surface area (Å²) in [5.41, 5.74) is -6.41. The predicted octanol–water partition coefficient (Wildman–Crippen LogP) is 3.92. The van der Waals surface area contributed by atoms with Gasteiger partial charge in [-0.25, -0.2) is 26.3 Å². The summed E-state index contributed by atoms with van der Waals surface area (Å²) < 4.78 is 86.2. The predicted molar refractivity (Wildman–Crippen MR) is 108 cm³/mol. The van der Waals surface area contributed by atoms with Gasteiger partial charge in [0.2, 0.25) is 0 Å².